The fourth-order valence-electron chi connectivity index (χ4n) is 3.81. The summed E-state index contributed by atoms with van der Waals surface area (Å²) < 4.78 is 0. The third kappa shape index (κ3) is 2.96. The molecule has 0 aliphatic heterocycles. The number of hydrogen-bond acceptors (Lipinski definition) is 0. The molecule has 1 heteroatoms. The molecular formula is C21H26Si. The summed E-state index contributed by atoms with van der Waals surface area (Å²) in [6.45, 7) is 9.27. The van der Waals surface area contributed by atoms with E-state index in [4.69, 9.17) is 0 Å². The van der Waals surface area contributed by atoms with Crippen LogP contribution in [0.15, 0.2) is 64.9 Å². The first-order valence-electron chi connectivity index (χ1n) is 8.29. The van der Waals surface area contributed by atoms with Crippen LogP contribution in [-0.4, -0.2) is 9.52 Å². The lowest BCUT2D eigenvalue weighted by Gasteiger charge is -2.27. The topological polar surface area (TPSA) is 0 Å². The summed E-state index contributed by atoms with van der Waals surface area (Å²) in [5.74, 6) is 0. The van der Waals surface area contributed by atoms with Crippen molar-refractivity contribution in [1.29, 1.82) is 0 Å². The molecular weight excluding hydrogens is 280 g/mol. The van der Waals surface area contributed by atoms with Crippen molar-refractivity contribution in [2.24, 2.45) is 0 Å². The van der Waals surface area contributed by atoms with Gasteiger partial charge in [-0.3, -0.25) is 0 Å². The molecule has 0 fully saturated rings. The molecule has 1 atom stereocenters. The Bertz CT molecular complexity index is 698. The van der Waals surface area contributed by atoms with Crippen molar-refractivity contribution in [1.82, 2.24) is 0 Å². The number of allylic oxidation sites excluding steroid dienone is 8. The van der Waals surface area contributed by atoms with E-state index in [-0.39, 0.29) is 9.52 Å². The normalized spacial score (nSPS) is 25.1. The maximum absolute atomic E-state index is 2.44. The van der Waals surface area contributed by atoms with Gasteiger partial charge in [0.05, 0.1) is 9.52 Å². The monoisotopic (exact) mass is 306 g/mol. The van der Waals surface area contributed by atoms with Gasteiger partial charge >= 0.3 is 0 Å². The summed E-state index contributed by atoms with van der Waals surface area (Å²) in [4.78, 5) is 0. The van der Waals surface area contributed by atoms with E-state index < -0.39 is 0 Å². The summed E-state index contributed by atoms with van der Waals surface area (Å²) in [7, 11) is -0.278. The Labute approximate surface area is 137 Å². The predicted octanol–water partition coefficient (Wildman–Crippen LogP) is 5.31. The Hall–Kier alpha value is -1.60. The van der Waals surface area contributed by atoms with Gasteiger partial charge < -0.3 is 0 Å². The molecule has 0 bridgehead atoms. The Morgan fingerprint density at radius 1 is 1.00 bits per heavy atom. The minimum absolute atomic E-state index is 0.278. The second-order valence-electron chi connectivity index (χ2n) is 7.25. The van der Waals surface area contributed by atoms with Crippen LogP contribution in [0.4, 0.5) is 0 Å². The van der Waals surface area contributed by atoms with Crippen LogP contribution in [0.1, 0.15) is 44.7 Å². The minimum atomic E-state index is -0.278. The number of hydrogen-bond donors (Lipinski definition) is 0. The molecule has 1 aromatic carbocycles. The van der Waals surface area contributed by atoms with E-state index in [1.54, 1.807) is 16.3 Å². The summed E-state index contributed by atoms with van der Waals surface area (Å²) in [6, 6.07) is 9.03. The number of aryl methyl sites for hydroxylation is 1. The molecule has 2 aliphatic rings. The van der Waals surface area contributed by atoms with Crippen LogP contribution in [0.5, 0.6) is 0 Å². The van der Waals surface area contributed by atoms with Gasteiger partial charge in [-0.15, -0.1) is 0 Å². The zero-order valence-corrected chi connectivity index (χ0v) is 15.7. The van der Waals surface area contributed by atoms with Crippen molar-refractivity contribution < 1.29 is 0 Å². The fourth-order valence-corrected chi connectivity index (χ4v) is 6.29. The van der Waals surface area contributed by atoms with Gasteiger partial charge in [-0.25, -0.2) is 0 Å². The van der Waals surface area contributed by atoms with Crippen LogP contribution >= 0.6 is 0 Å². The molecule has 0 radical (unpaired) electrons. The van der Waals surface area contributed by atoms with Crippen molar-refractivity contribution >= 4 is 15.1 Å². The molecule has 2 aliphatic carbocycles. The summed E-state index contributed by atoms with van der Waals surface area (Å²) >= 11 is 0. The van der Waals surface area contributed by atoms with E-state index in [1.807, 2.05) is 0 Å². The second-order valence-corrected chi connectivity index (χ2v) is 10.1. The van der Waals surface area contributed by atoms with Crippen LogP contribution in [0.2, 0.25) is 5.04 Å². The smallest absolute Gasteiger partial charge is 0.0612 e. The molecule has 0 spiro atoms. The molecule has 3 rings (SSSR count). The molecule has 0 N–H and O–H groups in total. The first-order chi connectivity index (χ1) is 10.5. The molecule has 0 aromatic heterocycles. The van der Waals surface area contributed by atoms with E-state index >= 15 is 0 Å². The summed E-state index contributed by atoms with van der Waals surface area (Å²) in [5, 5.41) is 2.18. The molecule has 0 saturated carbocycles. The standard InChI is InChI=1S/C21H26Si/c1-15-8-10-18(11-9-15)20-16(2)14-19(17(20)3)22-21(4)12-6-5-7-13-21/h5-12H,13-14,22H2,1-4H3. The average molecular weight is 307 g/mol. The highest BCUT2D eigenvalue weighted by Gasteiger charge is 2.28. The van der Waals surface area contributed by atoms with E-state index in [9.17, 15) is 0 Å². The molecule has 0 saturated heterocycles. The summed E-state index contributed by atoms with van der Waals surface area (Å²) in [6.07, 6.45) is 11.6. The highest BCUT2D eigenvalue weighted by molar-refractivity contribution is 6.51. The van der Waals surface area contributed by atoms with Gasteiger partial charge in [-0.1, -0.05) is 71.8 Å². The van der Waals surface area contributed by atoms with Crippen LogP contribution < -0.4 is 0 Å². The molecule has 0 heterocycles. The second kappa shape index (κ2) is 5.89. The van der Waals surface area contributed by atoms with Crippen molar-refractivity contribution in [2.75, 3.05) is 0 Å². The van der Waals surface area contributed by atoms with Gasteiger partial charge in [0.2, 0.25) is 0 Å². The molecule has 22 heavy (non-hydrogen) atoms. The van der Waals surface area contributed by atoms with E-state index in [0.29, 0.717) is 5.04 Å². The average Bonchev–Trinajstić information content (AvgIpc) is 2.75. The van der Waals surface area contributed by atoms with Crippen LogP contribution in [0.25, 0.3) is 5.57 Å². The number of benzene rings is 1. The van der Waals surface area contributed by atoms with E-state index in [0.717, 1.165) is 0 Å². The third-order valence-corrected chi connectivity index (χ3v) is 7.64. The lowest BCUT2D eigenvalue weighted by molar-refractivity contribution is 0.753. The summed E-state index contributed by atoms with van der Waals surface area (Å²) in [5.41, 5.74) is 7.37. The largest absolute Gasteiger partial charge is 0.0840 e. The Morgan fingerprint density at radius 2 is 1.73 bits per heavy atom. The van der Waals surface area contributed by atoms with Crippen LogP contribution in [0, 0.1) is 6.92 Å². The molecule has 0 amide bonds. The highest BCUT2D eigenvalue weighted by atomic mass is 28.2. The van der Waals surface area contributed by atoms with Crippen LogP contribution in [0.3, 0.4) is 0 Å². The van der Waals surface area contributed by atoms with Crippen LogP contribution in [-0.2, 0) is 0 Å². The quantitative estimate of drug-likeness (QED) is 0.664. The lowest BCUT2D eigenvalue weighted by atomic mass is 9.98. The van der Waals surface area contributed by atoms with Crippen molar-refractivity contribution in [2.45, 2.75) is 45.6 Å². The van der Waals surface area contributed by atoms with Gasteiger partial charge in [-0.05, 0) is 55.4 Å². The Balaban J connectivity index is 1.88. The highest BCUT2D eigenvalue weighted by Crippen LogP contribution is 2.43. The molecule has 1 unspecified atom stereocenters. The van der Waals surface area contributed by atoms with Gasteiger partial charge in [0.15, 0.2) is 0 Å². The SMILES string of the molecule is CC1=C(c2ccc(C)cc2)C(C)=C([SiH2]C2(C)C=CC=CC2)C1. The maximum Gasteiger partial charge on any atom is 0.0612 e. The van der Waals surface area contributed by atoms with Crippen molar-refractivity contribution in [3.05, 3.63) is 76.0 Å². The van der Waals surface area contributed by atoms with E-state index in [1.165, 1.54) is 29.5 Å². The fraction of sp³-hybridized carbons (Fsp3) is 0.333. The predicted molar refractivity (Wildman–Crippen MR) is 101 cm³/mol. The first-order valence-corrected chi connectivity index (χ1v) is 9.70. The minimum Gasteiger partial charge on any atom is -0.0840 e. The zero-order chi connectivity index (χ0) is 15.7. The van der Waals surface area contributed by atoms with Gasteiger partial charge in [0.25, 0.3) is 0 Å². The number of rotatable bonds is 3. The molecule has 114 valence electrons. The van der Waals surface area contributed by atoms with Crippen molar-refractivity contribution in [3.8, 4) is 0 Å². The first kappa shape index (κ1) is 15.3. The van der Waals surface area contributed by atoms with Gasteiger partial charge in [-0.2, -0.15) is 0 Å². The Kier molecular flexibility index (Phi) is 4.09. The Morgan fingerprint density at radius 3 is 2.36 bits per heavy atom. The van der Waals surface area contributed by atoms with Gasteiger partial charge in [0.1, 0.15) is 0 Å². The molecule has 1 aromatic rings. The maximum atomic E-state index is 2.44. The molecule has 0 nitrogen and oxygen atoms in total. The lowest BCUT2D eigenvalue weighted by Crippen LogP contribution is -2.17. The van der Waals surface area contributed by atoms with Crippen molar-refractivity contribution in [3.63, 3.8) is 0 Å². The zero-order valence-electron chi connectivity index (χ0n) is 14.2. The van der Waals surface area contributed by atoms with Gasteiger partial charge in [0, 0.05) is 0 Å². The third-order valence-electron chi connectivity index (χ3n) is 5.10. The van der Waals surface area contributed by atoms with E-state index in [2.05, 4.69) is 76.3 Å².